The fraction of sp³-hybridized carbons (Fsp3) is 0.933. The maximum Gasteiger partial charge on any atom is 0.222 e. The Balaban J connectivity index is 2.36. The Morgan fingerprint density at radius 1 is 1.28 bits per heavy atom. The summed E-state index contributed by atoms with van der Waals surface area (Å²) >= 11 is 0. The number of amides is 1. The molecule has 0 aromatic rings. The van der Waals surface area contributed by atoms with Gasteiger partial charge in [0.25, 0.3) is 0 Å². The lowest BCUT2D eigenvalue weighted by Crippen LogP contribution is -2.49. The van der Waals surface area contributed by atoms with Crippen molar-refractivity contribution in [3.8, 4) is 0 Å². The predicted molar refractivity (Wildman–Crippen MR) is 76.3 cm³/mol. The highest BCUT2D eigenvalue weighted by molar-refractivity contribution is 5.76. The first-order valence-electron chi connectivity index (χ1n) is 7.72. The summed E-state index contributed by atoms with van der Waals surface area (Å²) in [7, 11) is 0. The molecule has 1 amide bonds. The minimum absolute atomic E-state index is 0.294. The van der Waals surface area contributed by atoms with E-state index in [-0.39, 0.29) is 0 Å². The average Bonchev–Trinajstić information content (AvgIpc) is 2.42. The van der Waals surface area contributed by atoms with Crippen LogP contribution in [0.4, 0.5) is 0 Å². The van der Waals surface area contributed by atoms with Gasteiger partial charge in [0, 0.05) is 25.6 Å². The smallest absolute Gasteiger partial charge is 0.222 e. The molecule has 1 heterocycles. The third-order valence-electron chi connectivity index (χ3n) is 4.24. The number of carbonyl (C=O) groups excluding carboxylic acids is 1. The van der Waals surface area contributed by atoms with Crippen molar-refractivity contribution in [1.82, 2.24) is 4.90 Å². The standard InChI is InChI=1S/C15H30N2O/c1-3-5-6-7-8-15(18)17-10-9-13(4-2)11-14(17)12-16/h13-14H,3-12,16H2,1-2H3. The van der Waals surface area contributed by atoms with Crippen LogP contribution in [0.25, 0.3) is 0 Å². The molecule has 3 nitrogen and oxygen atoms in total. The molecule has 0 aliphatic carbocycles. The van der Waals surface area contributed by atoms with Crippen molar-refractivity contribution in [2.45, 2.75) is 71.3 Å². The molecule has 106 valence electrons. The third-order valence-corrected chi connectivity index (χ3v) is 4.24. The monoisotopic (exact) mass is 254 g/mol. The van der Waals surface area contributed by atoms with Crippen molar-refractivity contribution < 1.29 is 4.79 Å². The molecule has 2 atom stereocenters. The Labute approximate surface area is 112 Å². The van der Waals surface area contributed by atoms with E-state index < -0.39 is 0 Å². The number of hydrogen-bond acceptors (Lipinski definition) is 2. The summed E-state index contributed by atoms with van der Waals surface area (Å²) in [6.07, 6.45) is 8.88. The lowest BCUT2D eigenvalue weighted by molar-refractivity contribution is -0.135. The SMILES string of the molecule is CCCCCCC(=O)N1CCC(CC)CC1CN. The number of unbranched alkanes of at least 4 members (excludes halogenated alkanes) is 3. The van der Waals surface area contributed by atoms with Crippen molar-refractivity contribution in [3.05, 3.63) is 0 Å². The van der Waals surface area contributed by atoms with E-state index in [1.54, 1.807) is 0 Å². The van der Waals surface area contributed by atoms with Crippen molar-refractivity contribution in [2.75, 3.05) is 13.1 Å². The van der Waals surface area contributed by atoms with E-state index in [0.29, 0.717) is 24.9 Å². The number of likely N-dealkylation sites (tertiary alicyclic amines) is 1. The number of nitrogens with zero attached hydrogens (tertiary/aromatic N) is 1. The van der Waals surface area contributed by atoms with Crippen LogP contribution in [0, 0.1) is 5.92 Å². The van der Waals surface area contributed by atoms with Crippen LogP contribution in [-0.4, -0.2) is 29.9 Å². The maximum atomic E-state index is 12.2. The zero-order valence-corrected chi connectivity index (χ0v) is 12.2. The van der Waals surface area contributed by atoms with E-state index in [9.17, 15) is 4.79 Å². The van der Waals surface area contributed by atoms with Crippen LogP contribution >= 0.6 is 0 Å². The van der Waals surface area contributed by atoms with E-state index in [4.69, 9.17) is 5.73 Å². The molecule has 2 unspecified atom stereocenters. The van der Waals surface area contributed by atoms with Gasteiger partial charge in [0.05, 0.1) is 0 Å². The van der Waals surface area contributed by atoms with Crippen molar-refractivity contribution in [2.24, 2.45) is 11.7 Å². The van der Waals surface area contributed by atoms with Crippen LogP contribution in [0.5, 0.6) is 0 Å². The highest BCUT2D eigenvalue weighted by atomic mass is 16.2. The minimum Gasteiger partial charge on any atom is -0.338 e. The second kappa shape index (κ2) is 8.52. The topological polar surface area (TPSA) is 46.3 Å². The summed E-state index contributed by atoms with van der Waals surface area (Å²) in [6.45, 7) is 5.98. The molecule has 1 rings (SSSR count). The Morgan fingerprint density at radius 3 is 2.67 bits per heavy atom. The number of hydrogen-bond donors (Lipinski definition) is 1. The van der Waals surface area contributed by atoms with Gasteiger partial charge in [0.15, 0.2) is 0 Å². The van der Waals surface area contributed by atoms with Crippen molar-refractivity contribution in [1.29, 1.82) is 0 Å². The Morgan fingerprint density at radius 2 is 2.06 bits per heavy atom. The second-order valence-corrected chi connectivity index (χ2v) is 5.59. The molecule has 0 bridgehead atoms. The largest absolute Gasteiger partial charge is 0.338 e. The summed E-state index contributed by atoms with van der Waals surface area (Å²) in [5, 5.41) is 0. The van der Waals surface area contributed by atoms with E-state index in [1.807, 2.05) is 0 Å². The molecule has 18 heavy (non-hydrogen) atoms. The molecule has 0 radical (unpaired) electrons. The minimum atomic E-state index is 0.294. The maximum absolute atomic E-state index is 12.2. The van der Waals surface area contributed by atoms with E-state index in [0.717, 1.165) is 31.7 Å². The van der Waals surface area contributed by atoms with Gasteiger partial charge in [-0.1, -0.05) is 39.5 Å². The zero-order chi connectivity index (χ0) is 13.4. The van der Waals surface area contributed by atoms with Crippen LogP contribution in [0.2, 0.25) is 0 Å². The predicted octanol–water partition coefficient (Wildman–Crippen LogP) is 2.93. The van der Waals surface area contributed by atoms with Crippen molar-refractivity contribution in [3.63, 3.8) is 0 Å². The van der Waals surface area contributed by atoms with Gasteiger partial charge in [-0.25, -0.2) is 0 Å². The average molecular weight is 254 g/mol. The van der Waals surface area contributed by atoms with Gasteiger partial charge in [-0.05, 0) is 25.2 Å². The third kappa shape index (κ3) is 4.60. The fourth-order valence-corrected chi connectivity index (χ4v) is 2.90. The molecular weight excluding hydrogens is 224 g/mol. The molecule has 0 aromatic carbocycles. The van der Waals surface area contributed by atoms with Gasteiger partial charge in [-0.15, -0.1) is 0 Å². The molecule has 0 spiro atoms. The lowest BCUT2D eigenvalue weighted by Gasteiger charge is -2.39. The van der Waals surface area contributed by atoms with Crippen LogP contribution in [0.15, 0.2) is 0 Å². The number of piperidine rings is 1. The number of nitrogens with two attached hydrogens (primary N) is 1. The van der Waals surface area contributed by atoms with Gasteiger partial charge >= 0.3 is 0 Å². The van der Waals surface area contributed by atoms with Gasteiger partial charge in [0.2, 0.25) is 5.91 Å². The van der Waals surface area contributed by atoms with Crippen LogP contribution in [0.3, 0.4) is 0 Å². The summed E-state index contributed by atoms with van der Waals surface area (Å²) in [5.41, 5.74) is 5.83. The Hall–Kier alpha value is -0.570. The lowest BCUT2D eigenvalue weighted by atomic mass is 9.88. The van der Waals surface area contributed by atoms with Crippen LogP contribution in [0.1, 0.15) is 65.2 Å². The summed E-state index contributed by atoms with van der Waals surface area (Å²) in [6, 6.07) is 0.294. The Kier molecular flexibility index (Phi) is 7.33. The summed E-state index contributed by atoms with van der Waals surface area (Å²) in [4.78, 5) is 14.2. The molecule has 0 saturated carbocycles. The number of carbonyl (C=O) groups is 1. The molecule has 1 fully saturated rings. The quantitative estimate of drug-likeness (QED) is 0.710. The molecule has 0 aromatic heterocycles. The normalized spacial score (nSPS) is 24.3. The zero-order valence-electron chi connectivity index (χ0n) is 12.2. The van der Waals surface area contributed by atoms with E-state index in [1.165, 1.54) is 25.7 Å². The summed E-state index contributed by atoms with van der Waals surface area (Å²) in [5.74, 6) is 1.10. The van der Waals surface area contributed by atoms with Crippen molar-refractivity contribution >= 4 is 5.91 Å². The first-order chi connectivity index (χ1) is 8.72. The molecule has 3 heteroatoms. The first kappa shape index (κ1) is 15.5. The fourth-order valence-electron chi connectivity index (χ4n) is 2.90. The molecule has 1 aliphatic heterocycles. The van der Waals surface area contributed by atoms with Gasteiger partial charge in [0.1, 0.15) is 0 Å². The molecule has 1 aliphatic rings. The molecule has 1 saturated heterocycles. The van der Waals surface area contributed by atoms with Gasteiger partial charge < -0.3 is 10.6 Å². The van der Waals surface area contributed by atoms with Crippen LogP contribution < -0.4 is 5.73 Å². The van der Waals surface area contributed by atoms with E-state index >= 15 is 0 Å². The highest BCUT2D eigenvalue weighted by Crippen LogP contribution is 2.25. The Bertz CT molecular complexity index is 243. The van der Waals surface area contributed by atoms with E-state index in [2.05, 4.69) is 18.7 Å². The summed E-state index contributed by atoms with van der Waals surface area (Å²) < 4.78 is 0. The first-order valence-corrected chi connectivity index (χ1v) is 7.72. The second-order valence-electron chi connectivity index (χ2n) is 5.59. The highest BCUT2D eigenvalue weighted by Gasteiger charge is 2.29. The van der Waals surface area contributed by atoms with Gasteiger partial charge in [-0.2, -0.15) is 0 Å². The molecule has 2 N–H and O–H groups in total. The van der Waals surface area contributed by atoms with Crippen LogP contribution in [-0.2, 0) is 4.79 Å². The molecular formula is C15H30N2O. The van der Waals surface area contributed by atoms with Gasteiger partial charge in [-0.3, -0.25) is 4.79 Å². The number of rotatable bonds is 7.